The van der Waals surface area contributed by atoms with Crippen LogP contribution in [0.25, 0.3) is 0 Å². The molecule has 0 amide bonds. The van der Waals surface area contributed by atoms with Gasteiger partial charge in [0.15, 0.2) is 5.82 Å². The second kappa shape index (κ2) is 8.29. The Morgan fingerprint density at radius 1 is 0.931 bits per heavy atom. The van der Waals surface area contributed by atoms with Gasteiger partial charge in [-0.15, -0.1) is 5.10 Å². The minimum atomic E-state index is -0.167. The molecule has 1 saturated heterocycles. The Morgan fingerprint density at radius 3 is 2.28 bits per heavy atom. The lowest BCUT2D eigenvalue weighted by molar-refractivity contribution is 0.198. The number of para-hydroxylation sites is 1. The Bertz CT molecular complexity index is 944. The molecule has 0 N–H and O–H groups in total. The summed E-state index contributed by atoms with van der Waals surface area (Å²) in [5.74, 6) is 0.683. The topological polar surface area (TPSA) is 50.1 Å². The molecule has 1 aliphatic rings. The summed E-state index contributed by atoms with van der Waals surface area (Å²) in [5.41, 5.74) is 3.07. The van der Waals surface area contributed by atoms with E-state index in [1.165, 1.54) is 17.2 Å². The molecule has 2 aromatic carbocycles. The molecule has 0 spiro atoms. The molecule has 29 heavy (non-hydrogen) atoms. The van der Waals surface area contributed by atoms with E-state index >= 15 is 0 Å². The second-order valence-electron chi connectivity index (χ2n) is 7.86. The van der Waals surface area contributed by atoms with Gasteiger partial charge < -0.3 is 4.90 Å². The number of benzene rings is 2. The van der Waals surface area contributed by atoms with Gasteiger partial charge in [-0.2, -0.15) is 0 Å². The number of aryl methyl sites for hydroxylation is 1. The molecule has 6 nitrogen and oxygen atoms in total. The highest BCUT2D eigenvalue weighted by Crippen LogP contribution is 2.30. The molecule has 0 saturated carbocycles. The molecule has 3 aromatic rings. The molecule has 7 heteroatoms. The predicted molar refractivity (Wildman–Crippen MR) is 111 cm³/mol. The summed E-state index contributed by atoms with van der Waals surface area (Å²) in [6.45, 7) is 9.38. The zero-order chi connectivity index (χ0) is 20.4. The molecule has 1 aliphatic heterocycles. The molecule has 0 radical (unpaired) electrons. The number of rotatable bonds is 5. The lowest BCUT2D eigenvalue weighted by Crippen LogP contribution is -2.48. The van der Waals surface area contributed by atoms with Crippen molar-refractivity contribution in [2.45, 2.75) is 32.9 Å². The Kier molecular flexibility index (Phi) is 5.58. The SMILES string of the molecule is Cc1ccc([C@@H](c2nnnn2C(C)C)N2CCN(c3ccccc3F)CC2)cc1. The van der Waals surface area contributed by atoms with Crippen LogP contribution < -0.4 is 4.90 Å². The van der Waals surface area contributed by atoms with Gasteiger partial charge in [0.25, 0.3) is 0 Å². The van der Waals surface area contributed by atoms with Crippen molar-refractivity contribution in [3.05, 3.63) is 71.3 Å². The molecule has 1 fully saturated rings. The Labute approximate surface area is 170 Å². The summed E-state index contributed by atoms with van der Waals surface area (Å²) >= 11 is 0. The van der Waals surface area contributed by atoms with Crippen molar-refractivity contribution in [3.63, 3.8) is 0 Å². The van der Waals surface area contributed by atoms with Gasteiger partial charge in [0.2, 0.25) is 0 Å². The largest absolute Gasteiger partial charge is 0.367 e. The van der Waals surface area contributed by atoms with E-state index in [1.807, 2.05) is 16.8 Å². The van der Waals surface area contributed by atoms with Crippen LogP contribution in [-0.2, 0) is 0 Å². The van der Waals surface area contributed by atoms with E-state index in [9.17, 15) is 4.39 Å². The number of nitrogens with zero attached hydrogens (tertiary/aromatic N) is 6. The minimum absolute atomic E-state index is 0.0317. The zero-order valence-electron chi connectivity index (χ0n) is 17.2. The maximum atomic E-state index is 14.2. The fraction of sp³-hybridized carbons (Fsp3) is 0.409. The predicted octanol–water partition coefficient (Wildman–Crippen LogP) is 3.61. The lowest BCUT2D eigenvalue weighted by Gasteiger charge is -2.40. The molecule has 0 bridgehead atoms. The van der Waals surface area contributed by atoms with E-state index in [1.54, 1.807) is 6.07 Å². The number of piperazine rings is 1. The minimum Gasteiger partial charge on any atom is -0.367 e. The van der Waals surface area contributed by atoms with Crippen molar-refractivity contribution in [1.29, 1.82) is 0 Å². The monoisotopic (exact) mass is 394 g/mol. The van der Waals surface area contributed by atoms with Gasteiger partial charge in [-0.25, -0.2) is 9.07 Å². The fourth-order valence-electron chi connectivity index (χ4n) is 3.95. The van der Waals surface area contributed by atoms with Gasteiger partial charge in [0.05, 0.1) is 17.8 Å². The van der Waals surface area contributed by atoms with Gasteiger partial charge in [-0.3, -0.25) is 4.90 Å². The standard InChI is InChI=1S/C22H27FN6/c1-16(2)29-22(24-25-26-29)21(18-10-8-17(3)9-11-18)28-14-12-27(13-15-28)20-7-5-4-6-19(20)23/h4-11,16,21H,12-15H2,1-3H3/t21-/m0/s1. The second-order valence-corrected chi connectivity index (χ2v) is 7.86. The van der Waals surface area contributed by atoms with Crippen LogP contribution in [0.5, 0.6) is 0 Å². The number of halogens is 1. The van der Waals surface area contributed by atoms with Crippen molar-refractivity contribution in [3.8, 4) is 0 Å². The van der Waals surface area contributed by atoms with E-state index < -0.39 is 0 Å². The van der Waals surface area contributed by atoms with Crippen molar-refractivity contribution in [1.82, 2.24) is 25.1 Å². The third-order valence-corrected chi connectivity index (χ3v) is 5.52. The van der Waals surface area contributed by atoms with Crippen LogP contribution >= 0.6 is 0 Å². The van der Waals surface area contributed by atoms with E-state index in [-0.39, 0.29) is 17.9 Å². The molecule has 0 aliphatic carbocycles. The van der Waals surface area contributed by atoms with Gasteiger partial charge in [0, 0.05) is 26.2 Å². The zero-order valence-corrected chi connectivity index (χ0v) is 17.2. The number of tetrazole rings is 1. The van der Waals surface area contributed by atoms with Crippen molar-refractivity contribution in [2.75, 3.05) is 31.1 Å². The van der Waals surface area contributed by atoms with E-state index in [0.29, 0.717) is 5.69 Å². The molecule has 1 atom stereocenters. The van der Waals surface area contributed by atoms with Crippen LogP contribution in [0.4, 0.5) is 10.1 Å². The number of anilines is 1. The summed E-state index contributed by atoms with van der Waals surface area (Å²) in [7, 11) is 0. The van der Waals surface area contributed by atoms with Crippen LogP contribution in [0.2, 0.25) is 0 Å². The number of hydrogen-bond acceptors (Lipinski definition) is 5. The maximum absolute atomic E-state index is 14.2. The summed E-state index contributed by atoms with van der Waals surface area (Å²) in [6, 6.07) is 15.7. The molecule has 1 aromatic heterocycles. The van der Waals surface area contributed by atoms with Crippen LogP contribution in [0, 0.1) is 12.7 Å². The summed E-state index contributed by atoms with van der Waals surface area (Å²) in [4.78, 5) is 4.51. The van der Waals surface area contributed by atoms with Crippen LogP contribution in [0.3, 0.4) is 0 Å². The third kappa shape index (κ3) is 4.00. The average molecular weight is 394 g/mol. The van der Waals surface area contributed by atoms with Gasteiger partial charge in [0.1, 0.15) is 5.82 Å². The van der Waals surface area contributed by atoms with Crippen LogP contribution in [0.1, 0.15) is 42.9 Å². The van der Waals surface area contributed by atoms with Crippen molar-refractivity contribution >= 4 is 5.69 Å². The maximum Gasteiger partial charge on any atom is 0.173 e. The fourth-order valence-corrected chi connectivity index (χ4v) is 3.95. The summed E-state index contributed by atoms with van der Waals surface area (Å²) in [6.07, 6.45) is 0. The summed E-state index contributed by atoms with van der Waals surface area (Å²) < 4.78 is 16.1. The third-order valence-electron chi connectivity index (χ3n) is 5.52. The first-order valence-electron chi connectivity index (χ1n) is 10.1. The molecular weight excluding hydrogens is 367 g/mol. The van der Waals surface area contributed by atoms with Gasteiger partial charge >= 0.3 is 0 Å². The molecule has 4 rings (SSSR count). The highest BCUT2D eigenvalue weighted by Gasteiger charge is 2.31. The molecular formula is C22H27FN6. The smallest absolute Gasteiger partial charge is 0.173 e. The molecule has 152 valence electrons. The van der Waals surface area contributed by atoms with Gasteiger partial charge in [-0.1, -0.05) is 42.0 Å². The average Bonchev–Trinajstić information content (AvgIpc) is 3.20. The van der Waals surface area contributed by atoms with Crippen molar-refractivity contribution < 1.29 is 4.39 Å². The van der Waals surface area contributed by atoms with Gasteiger partial charge in [-0.05, 0) is 48.9 Å². The van der Waals surface area contributed by atoms with E-state index in [2.05, 4.69) is 70.4 Å². The Hall–Kier alpha value is -2.80. The highest BCUT2D eigenvalue weighted by atomic mass is 19.1. The number of hydrogen-bond donors (Lipinski definition) is 0. The highest BCUT2D eigenvalue weighted by molar-refractivity contribution is 5.48. The molecule has 2 heterocycles. The first-order chi connectivity index (χ1) is 14.0. The number of aromatic nitrogens is 4. The van der Waals surface area contributed by atoms with E-state index in [0.717, 1.165) is 32.0 Å². The van der Waals surface area contributed by atoms with Crippen LogP contribution in [-0.4, -0.2) is 51.3 Å². The van der Waals surface area contributed by atoms with Crippen molar-refractivity contribution in [2.24, 2.45) is 0 Å². The Balaban J connectivity index is 1.62. The van der Waals surface area contributed by atoms with Crippen LogP contribution in [0.15, 0.2) is 48.5 Å². The quantitative estimate of drug-likeness (QED) is 0.662. The first kappa shape index (κ1) is 19.5. The molecule has 0 unspecified atom stereocenters. The first-order valence-corrected chi connectivity index (χ1v) is 10.1. The lowest BCUT2D eigenvalue weighted by atomic mass is 10.0. The summed E-state index contributed by atoms with van der Waals surface area (Å²) in [5, 5.41) is 12.6. The van der Waals surface area contributed by atoms with E-state index in [4.69, 9.17) is 0 Å². The Morgan fingerprint density at radius 2 is 1.62 bits per heavy atom. The normalized spacial score (nSPS) is 16.4.